The zero-order chi connectivity index (χ0) is 33.6. The number of aromatic nitrogens is 7. The second-order valence-corrected chi connectivity index (χ2v) is 16.9. The second kappa shape index (κ2) is 11.8. The van der Waals surface area contributed by atoms with E-state index in [-0.39, 0.29) is 33.4 Å². The van der Waals surface area contributed by atoms with E-state index in [0.29, 0.717) is 11.3 Å². The van der Waals surface area contributed by atoms with E-state index >= 15 is 4.39 Å². The first-order chi connectivity index (χ1) is 22.1. The number of hydrogen-bond acceptors (Lipinski definition) is 18. The van der Waals surface area contributed by atoms with Crippen molar-refractivity contribution in [3.63, 3.8) is 0 Å². The summed E-state index contributed by atoms with van der Waals surface area (Å²) in [6.07, 6.45) is -12.1. The molecule has 0 saturated carbocycles. The zero-order valence-electron chi connectivity index (χ0n) is 23.0. The maximum absolute atomic E-state index is 16.1. The molecule has 3 aliphatic rings. The van der Waals surface area contributed by atoms with Crippen molar-refractivity contribution in [3.8, 4) is 0 Å². The van der Waals surface area contributed by atoms with Crippen LogP contribution in [0.25, 0.3) is 21.5 Å². The highest BCUT2D eigenvalue weighted by Crippen LogP contribution is 2.54. The van der Waals surface area contributed by atoms with Crippen molar-refractivity contribution in [2.24, 2.45) is 0 Å². The Morgan fingerprint density at radius 2 is 1.53 bits per heavy atom. The number of aliphatic hydroxyl groups is 1. The van der Waals surface area contributed by atoms with Gasteiger partial charge in [-0.2, -0.15) is 9.97 Å². The SMILES string of the molecule is Nc1nc2c(ncn2[C@@H]2O[C@@H]3COP(O)(=S)O[C@@H]4[C@H](O)[C@@H](COP(O)(=S)O[C@H]3[C@H]2F)O[C@H]4n2c(=O)sc3c(=O)[nH]c(N)nc32)c(=O)[nH]1. The molecule has 47 heavy (non-hydrogen) atoms. The van der Waals surface area contributed by atoms with Gasteiger partial charge in [-0.1, -0.05) is 11.3 Å². The van der Waals surface area contributed by atoms with Crippen LogP contribution in [0, 0.1) is 0 Å². The Hall–Kier alpha value is -2.61. The Morgan fingerprint density at radius 3 is 2.23 bits per heavy atom. The van der Waals surface area contributed by atoms with E-state index in [1.807, 2.05) is 0 Å². The van der Waals surface area contributed by atoms with Gasteiger partial charge in [0, 0.05) is 0 Å². The third-order valence-electron chi connectivity index (χ3n) is 7.36. The molecule has 0 radical (unpaired) electrons. The van der Waals surface area contributed by atoms with Gasteiger partial charge < -0.3 is 44.9 Å². The number of nitrogens with zero attached hydrogens (tertiary/aromatic N) is 5. The number of alkyl halides is 1. The monoisotopic (exact) mass is 757 g/mol. The van der Waals surface area contributed by atoms with Gasteiger partial charge in [-0.25, -0.2) is 9.37 Å². The molecule has 7 heterocycles. The van der Waals surface area contributed by atoms with Gasteiger partial charge in [-0.3, -0.25) is 42.5 Å². The fraction of sp³-hybridized carbons (Fsp3) is 0.500. The standard InChI is InChI=1S/C20H22FN9O12P2S3/c21-6-9-5(40-16(6)29-3-24-7-12(29)25-18(22)27-14(7)32)2-38-44(36,46)42-10-8(31)4(1-37-43(35,45)41-9)39-17(10)30-13-11(47-20(30)34)15(33)28-19(23)26-13/h3-6,8-10,16-17,31H,1-2H2,(H,35,45)(H,36,46)(H3,22,25,27,32)(H3,23,26,28,33)/t4-,5-,6-,8-,9-,10-,16-,17-,43?,44?/m1/s1. The Labute approximate surface area is 272 Å². The molecule has 7 rings (SSSR count). The van der Waals surface area contributed by atoms with Gasteiger partial charge in [0.25, 0.3) is 11.1 Å². The van der Waals surface area contributed by atoms with Gasteiger partial charge >= 0.3 is 18.3 Å². The summed E-state index contributed by atoms with van der Waals surface area (Å²) < 4.78 is 51.6. The van der Waals surface area contributed by atoms with Gasteiger partial charge in [0.05, 0.1) is 19.5 Å². The number of anilines is 2. The van der Waals surface area contributed by atoms with Crippen molar-refractivity contribution in [1.82, 2.24) is 34.1 Å². The minimum Gasteiger partial charge on any atom is -0.387 e. The molecule has 254 valence electrons. The number of halogens is 1. The highest BCUT2D eigenvalue weighted by molar-refractivity contribution is 8.07. The summed E-state index contributed by atoms with van der Waals surface area (Å²) in [6.45, 7) is -10.2. The smallest absolute Gasteiger partial charge is 0.325 e. The summed E-state index contributed by atoms with van der Waals surface area (Å²) >= 11 is 10.8. The molecule has 2 unspecified atom stereocenters. The van der Waals surface area contributed by atoms with E-state index in [1.54, 1.807) is 0 Å². The Balaban J connectivity index is 1.23. The lowest BCUT2D eigenvalue weighted by molar-refractivity contribution is -0.0607. The molecule has 2 bridgehead atoms. The number of aromatic amines is 2. The Bertz CT molecular complexity index is 2180. The zero-order valence-corrected chi connectivity index (χ0v) is 27.3. The number of rotatable bonds is 2. The molecular formula is C20H22FN9O12P2S3. The number of H-pyrrole nitrogens is 2. The molecule has 0 aromatic carbocycles. The predicted octanol–water partition coefficient (Wildman–Crippen LogP) is -1.81. The first-order valence-corrected chi connectivity index (χ1v) is 19.2. The van der Waals surface area contributed by atoms with Gasteiger partial charge in [-0.05, 0) is 23.6 Å². The van der Waals surface area contributed by atoms with Crippen molar-refractivity contribution >= 4 is 81.8 Å². The first kappa shape index (κ1) is 32.9. The molecule has 9 N–H and O–H groups in total. The number of nitrogen functional groups attached to an aromatic ring is 2. The maximum atomic E-state index is 16.1. The number of fused-ring (bicyclic) bond motifs is 5. The van der Waals surface area contributed by atoms with E-state index in [1.165, 1.54) is 0 Å². The van der Waals surface area contributed by atoms with Gasteiger partial charge in [0.15, 0.2) is 35.4 Å². The molecule has 10 atom stereocenters. The van der Waals surface area contributed by atoms with E-state index in [0.717, 1.165) is 15.5 Å². The lowest BCUT2D eigenvalue weighted by atomic mass is 10.1. The van der Waals surface area contributed by atoms with Gasteiger partial charge in [0.2, 0.25) is 11.9 Å². The largest absolute Gasteiger partial charge is 0.387 e. The molecule has 3 fully saturated rings. The summed E-state index contributed by atoms with van der Waals surface area (Å²) in [6, 6.07) is 0. The van der Waals surface area contributed by atoms with Crippen LogP contribution in [0.5, 0.6) is 0 Å². The van der Waals surface area contributed by atoms with E-state index in [4.69, 9.17) is 62.6 Å². The average Bonchev–Trinajstić information content (AvgIpc) is 3.70. The minimum absolute atomic E-state index is 0.123. The molecule has 3 aliphatic heterocycles. The summed E-state index contributed by atoms with van der Waals surface area (Å²) in [4.78, 5) is 75.4. The second-order valence-electron chi connectivity index (χ2n) is 10.4. The Morgan fingerprint density at radius 1 is 0.936 bits per heavy atom. The van der Waals surface area contributed by atoms with E-state index < -0.39 is 91.8 Å². The number of nitrogens with one attached hydrogen (secondary N) is 2. The molecule has 27 heteroatoms. The van der Waals surface area contributed by atoms with Crippen LogP contribution in [-0.4, -0.2) is 98.9 Å². The lowest BCUT2D eigenvalue weighted by Crippen LogP contribution is -2.36. The molecule has 0 spiro atoms. The highest BCUT2D eigenvalue weighted by atomic mass is 32.5. The van der Waals surface area contributed by atoms with Crippen molar-refractivity contribution in [3.05, 3.63) is 36.7 Å². The van der Waals surface area contributed by atoms with E-state index in [9.17, 15) is 29.3 Å². The molecule has 0 amide bonds. The summed E-state index contributed by atoms with van der Waals surface area (Å²) in [7, 11) is 0. The summed E-state index contributed by atoms with van der Waals surface area (Å²) in [5.41, 5.74) is 9.39. The topological polar surface area (TPSA) is 299 Å². The summed E-state index contributed by atoms with van der Waals surface area (Å²) in [5.74, 6) is -0.607. The third-order valence-corrected chi connectivity index (χ3v) is 11.4. The number of thiazole rings is 1. The number of hydrogen-bond donors (Lipinski definition) is 7. The predicted molar refractivity (Wildman–Crippen MR) is 165 cm³/mol. The number of imidazole rings is 1. The van der Waals surface area contributed by atoms with Gasteiger partial charge in [-0.15, -0.1) is 0 Å². The quantitative estimate of drug-likeness (QED) is 0.111. The molecule has 3 saturated heterocycles. The van der Waals surface area contributed by atoms with Crippen LogP contribution in [0.15, 0.2) is 20.7 Å². The Kier molecular flexibility index (Phi) is 8.24. The van der Waals surface area contributed by atoms with Crippen LogP contribution < -0.4 is 27.5 Å². The van der Waals surface area contributed by atoms with Crippen molar-refractivity contribution in [2.75, 3.05) is 24.7 Å². The molecule has 4 aromatic rings. The van der Waals surface area contributed by atoms with Crippen LogP contribution in [0.1, 0.15) is 12.5 Å². The lowest BCUT2D eigenvalue weighted by Gasteiger charge is -2.27. The molecule has 0 aliphatic carbocycles. The number of aliphatic hydroxyl groups excluding tert-OH is 1. The summed E-state index contributed by atoms with van der Waals surface area (Å²) in [5, 5.41) is 11.1. The molecule has 21 nitrogen and oxygen atoms in total. The third kappa shape index (κ3) is 5.88. The number of nitrogens with two attached hydrogens (primary N) is 2. The molecule has 4 aromatic heterocycles. The van der Waals surface area contributed by atoms with E-state index in [2.05, 4.69) is 24.9 Å². The van der Waals surface area contributed by atoms with Crippen molar-refractivity contribution in [2.45, 2.75) is 49.1 Å². The normalized spacial score (nSPS) is 36.6. The highest BCUT2D eigenvalue weighted by Gasteiger charge is 2.53. The minimum atomic E-state index is -4.41. The van der Waals surface area contributed by atoms with Crippen LogP contribution >= 0.6 is 24.8 Å². The van der Waals surface area contributed by atoms with Crippen LogP contribution in [0.4, 0.5) is 16.3 Å². The fourth-order valence-electron chi connectivity index (χ4n) is 5.36. The molecular weight excluding hydrogens is 735 g/mol. The van der Waals surface area contributed by atoms with Gasteiger partial charge in [0.1, 0.15) is 35.2 Å². The van der Waals surface area contributed by atoms with Crippen LogP contribution in [0.2, 0.25) is 0 Å². The first-order valence-electron chi connectivity index (χ1n) is 13.2. The van der Waals surface area contributed by atoms with Crippen molar-refractivity contribution < 1.29 is 46.9 Å². The van der Waals surface area contributed by atoms with Crippen molar-refractivity contribution in [1.29, 1.82) is 0 Å². The maximum Gasteiger partial charge on any atom is 0.325 e. The van der Waals surface area contributed by atoms with Crippen LogP contribution in [-0.2, 0) is 51.2 Å². The average molecular weight is 758 g/mol. The number of ether oxygens (including phenoxy) is 2. The fourth-order valence-corrected chi connectivity index (χ4v) is 9.05. The van der Waals surface area contributed by atoms with Crippen LogP contribution in [0.3, 0.4) is 0 Å².